The smallest absolute Gasteiger partial charge is 0.165 e. The zero-order valence-corrected chi connectivity index (χ0v) is 20.5. The second kappa shape index (κ2) is 7.91. The van der Waals surface area contributed by atoms with Crippen LogP contribution in [-0.2, 0) is 5.54 Å². The maximum Gasteiger partial charge on any atom is 0.165 e. The van der Waals surface area contributed by atoms with Crippen molar-refractivity contribution in [3.63, 3.8) is 0 Å². The average Bonchev–Trinajstić information content (AvgIpc) is 3.28. The first-order chi connectivity index (χ1) is 17.1. The molecule has 0 amide bonds. The molecule has 1 aliphatic carbocycles. The van der Waals surface area contributed by atoms with Crippen LogP contribution in [0.5, 0.6) is 0 Å². The van der Waals surface area contributed by atoms with E-state index in [-0.39, 0.29) is 11.7 Å². The average molecular weight is 482 g/mol. The second-order valence-corrected chi connectivity index (χ2v) is 10.6. The van der Waals surface area contributed by atoms with Crippen molar-refractivity contribution < 1.29 is 9.50 Å². The van der Waals surface area contributed by atoms with Gasteiger partial charge < -0.3 is 10.8 Å². The second-order valence-electron chi connectivity index (χ2n) is 10.6. The van der Waals surface area contributed by atoms with E-state index in [9.17, 15) is 9.50 Å². The Hall–Kier alpha value is -3.68. The number of nitrogens with two attached hydrogens (primary N) is 1. The van der Waals surface area contributed by atoms with Crippen LogP contribution in [0.1, 0.15) is 50.8 Å². The molecule has 0 aliphatic heterocycles. The number of hydrogen-bond donors (Lipinski definition) is 2. The maximum absolute atomic E-state index is 15.0. The SMILES string of the molecule is CC(C)c1cc2ncc3cc(-c4ccccc4F)c(-c4ccc(C5(N)CC(C)(O)C5)cc4)nc3n2n1. The Kier molecular flexibility index (Phi) is 5.00. The van der Waals surface area contributed by atoms with Gasteiger partial charge in [-0.1, -0.05) is 56.3 Å². The predicted octanol–water partition coefficient (Wildman–Crippen LogP) is 5.57. The summed E-state index contributed by atoms with van der Waals surface area (Å²) in [4.78, 5) is 9.61. The predicted molar refractivity (Wildman–Crippen MR) is 139 cm³/mol. The monoisotopic (exact) mass is 481 g/mol. The minimum absolute atomic E-state index is 0.252. The molecule has 0 saturated heterocycles. The lowest BCUT2D eigenvalue weighted by atomic mass is 9.63. The largest absolute Gasteiger partial charge is 0.390 e. The van der Waals surface area contributed by atoms with Gasteiger partial charge in [-0.25, -0.2) is 14.4 Å². The molecule has 0 unspecified atom stereocenters. The highest BCUT2D eigenvalue weighted by Crippen LogP contribution is 2.46. The van der Waals surface area contributed by atoms with Crippen LogP contribution in [0.3, 0.4) is 0 Å². The van der Waals surface area contributed by atoms with Crippen LogP contribution in [0.15, 0.2) is 66.9 Å². The number of rotatable bonds is 4. The molecule has 3 heterocycles. The Morgan fingerprint density at radius 2 is 1.75 bits per heavy atom. The summed E-state index contributed by atoms with van der Waals surface area (Å²) in [7, 11) is 0. The molecule has 6 nitrogen and oxygen atoms in total. The summed E-state index contributed by atoms with van der Waals surface area (Å²) in [6, 6.07) is 18.5. The lowest BCUT2D eigenvalue weighted by Crippen LogP contribution is -2.58. The third-order valence-corrected chi connectivity index (χ3v) is 7.16. The molecule has 36 heavy (non-hydrogen) atoms. The standard InChI is InChI=1S/C29H28FN5O/c1-17(2)24-13-25-32-14-19-12-22(21-6-4-5-7-23(21)30)26(33-27(19)35(25)34-24)18-8-10-20(11-9-18)29(31)15-28(3,36)16-29/h4-14,17,36H,15-16,31H2,1-3H3. The fourth-order valence-electron chi connectivity index (χ4n) is 5.41. The maximum atomic E-state index is 15.0. The fourth-order valence-corrected chi connectivity index (χ4v) is 5.41. The van der Waals surface area contributed by atoms with Crippen molar-refractivity contribution in [2.75, 3.05) is 0 Å². The molecule has 6 rings (SSSR count). The van der Waals surface area contributed by atoms with Gasteiger partial charge in [0.05, 0.1) is 17.0 Å². The van der Waals surface area contributed by atoms with Crippen molar-refractivity contribution in [2.24, 2.45) is 5.73 Å². The van der Waals surface area contributed by atoms with Crippen molar-refractivity contribution >= 4 is 16.7 Å². The van der Waals surface area contributed by atoms with Crippen molar-refractivity contribution in [3.05, 3.63) is 83.9 Å². The highest BCUT2D eigenvalue weighted by Gasteiger charge is 2.49. The van der Waals surface area contributed by atoms with Crippen LogP contribution in [0.2, 0.25) is 0 Å². The zero-order chi connectivity index (χ0) is 25.2. The topological polar surface area (TPSA) is 89.3 Å². The van der Waals surface area contributed by atoms with Gasteiger partial charge >= 0.3 is 0 Å². The summed E-state index contributed by atoms with van der Waals surface area (Å²) in [6.07, 6.45) is 2.79. The van der Waals surface area contributed by atoms with E-state index in [1.54, 1.807) is 22.8 Å². The van der Waals surface area contributed by atoms with E-state index in [2.05, 4.69) is 18.8 Å². The summed E-state index contributed by atoms with van der Waals surface area (Å²) in [6.45, 7) is 5.99. The van der Waals surface area contributed by atoms with E-state index in [1.165, 1.54) is 6.07 Å². The number of benzene rings is 2. The summed E-state index contributed by atoms with van der Waals surface area (Å²) in [5.74, 6) is -0.0633. The van der Waals surface area contributed by atoms with Gasteiger partial charge in [-0.3, -0.25) is 0 Å². The molecule has 7 heteroatoms. The molecule has 0 spiro atoms. The van der Waals surface area contributed by atoms with Gasteiger partial charge in [0.2, 0.25) is 0 Å². The van der Waals surface area contributed by atoms with Crippen LogP contribution < -0.4 is 5.73 Å². The molecule has 0 radical (unpaired) electrons. The zero-order valence-electron chi connectivity index (χ0n) is 20.5. The molecule has 3 N–H and O–H groups in total. The highest BCUT2D eigenvalue weighted by atomic mass is 19.1. The van der Waals surface area contributed by atoms with E-state index >= 15 is 0 Å². The normalized spacial score (nSPS) is 21.9. The highest BCUT2D eigenvalue weighted by molar-refractivity contribution is 5.90. The number of pyridine rings is 1. The molecule has 0 atom stereocenters. The molecule has 1 saturated carbocycles. The van der Waals surface area contributed by atoms with Crippen LogP contribution in [0, 0.1) is 5.82 Å². The van der Waals surface area contributed by atoms with Crippen LogP contribution >= 0.6 is 0 Å². The van der Waals surface area contributed by atoms with E-state index in [4.69, 9.17) is 15.8 Å². The summed E-state index contributed by atoms with van der Waals surface area (Å²) < 4.78 is 16.7. The Balaban J connectivity index is 1.55. The summed E-state index contributed by atoms with van der Waals surface area (Å²) >= 11 is 0. The van der Waals surface area contributed by atoms with Gasteiger partial charge in [-0.05, 0) is 43.4 Å². The van der Waals surface area contributed by atoms with E-state index in [1.807, 2.05) is 49.4 Å². The van der Waals surface area contributed by atoms with Crippen LogP contribution in [0.4, 0.5) is 4.39 Å². The first kappa shape index (κ1) is 22.8. The molecule has 0 bridgehead atoms. The Bertz CT molecular complexity index is 1610. The number of halogens is 1. The third-order valence-electron chi connectivity index (χ3n) is 7.16. The van der Waals surface area contributed by atoms with Crippen LogP contribution in [-0.4, -0.2) is 30.3 Å². The fraction of sp³-hybridized carbons (Fsp3) is 0.276. The Labute approximate surface area is 208 Å². The van der Waals surface area contributed by atoms with Crippen molar-refractivity contribution in [1.29, 1.82) is 0 Å². The Morgan fingerprint density at radius 3 is 2.42 bits per heavy atom. The molecule has 1 fully saturated rings. The van der Waals surface area contributed by atoms with Gasteiger partial charge in [0, 0.05) is 39.9 Å². The lowest BCUT2D eigenvalue weighted by Gasteiger charge is -2.49. The number of aliphatic hydroxyl groups is 1. The molecule has 5 aromatic rings. The molecular formula is C29H28FN5O. The molecule has 3 aromatic heterocycles. The van der Waals surface area contributed by atoms with Gasteiger partial charge in [0.25, 0.3) is 0 Å². The van der Waals surface area contributed by atoms with Crippen LogP contribution in [0.25, 0.3) is 39.1 Å². The molecular weight excluding hydrogens is 453 g/mol. The molecule has 2 aromatic carbocycles. The number of hydrogen-bond acceptors (Lipinski definition) is 5. The first-order valence-electron chi connectivity index (χ1n) is 12.2. The third kappa shape index (κ3) is 3.67. The first-order valence-corrected chi connectivity index (χ1v) is 12.2. The van der Waals surface area contributed by atoms with Crippen molar-refractivity contribution in [1.82, 2.24) is 19.6 Å². The lowest BCUT2D eigenvalue weighted by molar-refractivity contribution is -0.0738. The van der Waals surface area contributed by atoms with E-state index in [0.717, 1.165) is 27.9 Å². The van der Waals surface area contributed by atoms with Gasteiger partial charge in [-0.2, -0.15) is 9.61 Å². The van der Waals surface area contributed by atoms with E-state index in [0.29, 0.717) is 35.3 Å². The number of aromatic nitrogens is 4. The Morgan fingerprint density at radius 1 is 1.03 bits per heavy atom. The molecule has 1 aliphatic rings. The summed E-state index contributed by atoms with van der Waals surface area (Å²) in [5, 5.41) is 15.7. The van der Waals surface area contributed by atoms with Crippen molar-refractivity contribution in [3.8, 4) is 22.4 Å². The molecule has 182 valence electrons. The van der Waals surface area contributed by atoms with Gasteiger partial charge in [0.1, 0.15) is 5.82 Å². The van der Waals surface area contributed by atoms with Gasteiger partial charge in [-0.15, -0.1) is 0 Å². The summed E-state index contributed by atoms with van der Waals surface area (Å²) in [5.41, 5.74) is 11.2. The van der Waals surface area contributed by atoms with E-state index < -0.39 is 11.1 Å². The van der Waals surface area contributed by atoms with Gasteiger partial charge in [0.15, 0.2) is 11.3 Å². The number of fused-ring (bicyclic) bond motifs is 3. The minimum atomic E-state index is -0.733. The quantitative estimate of drug-likeness (QED) is 0.350. The van der Waals surface area contributed by atoms with Crippen molar-refractivity contribution in [2.45, 2.75) is 50.7 Å². The minimum Gasteiger partial charge on any atom is -0.390 e. The number of nitrogens with zero attached hydrogens (tertiary/aromatic N) is 4.